The Bertz CT molecular complexity index is 681. The number of ether oxygens (including phenoxy) is 2. The van der Waals surface area contributed by atoms with E-state index in [0.29, 0.717) is 12.2 Å². The number of carbonyl (C=O) groups is 1. The molecule has 0 N–H and O–H groups in total. The second-order valence-electron chi connectivity index (χ2n) is 4.79. The van der Waals surface area contributed by atoms with E-state index in [0.717, 1.165) is 17.1 Å². The molecular weight excluding hydrogens is 292 g/mol. The zero-order chi connectivity index (χ0) is 16.7. The van der Waals surface area contributed by atoms with Crippen LogP contribution in [0.4, 0.5) is 11.4 Å². The SMILES string of the molecule is CCOC(=O)c1ccc(/N=C\N(C)c2ccccc2OC)cc1. The van der Waals surface area contributed by atoms with Crippen LogP contribution in [0.2, 0.25) is 0 Å². The summed E-state index contributed by atoms with van der Waals surface area (Å²) in [5.74, 6) is 0.452. The highest BCUT2D eigenvalue weighted by Crippen LogP contribution is 2.26. The van der Waals surface area contributed by atoms with Gasteiger partial charge in [-0.2, -0.15) is 0 Å². The molecule has 5 nitrogen and oxygen atoms in total. The van der Waals surface area contributed by atoms with Gasteiger partial charge < -0.3 is 14.4 Å². The van der Waals surface area contributed by atoms with Crippen molar-refractivity contribution in [1.82, 2.24) is 0 Å². The van der Waals surface area contributed by atoms with Gasteiger partial charge in [0.1, 0.15) is 5.75 Å². The van der Waals surface area contributed by atoms with Crippen LogP contribution in [0.3, 0.4) is 0 Å². The molecule has 0 fully saturated rings. The maximum absolute atomic E-state index is 11.6. The van der Waals surface area contributed by atoms with Crippen LogP contribution in [0.15, 0.2) is 53.5 Å². The Kier molecular flexibility index (Phi) is 5.74. The van der Waals surface area contributed by atoms with Gasteiger partial charge in [0.15, 0.2) is 0 Å². The zero-order valence-corrected chi connectivity index (χ0v) is 13.5. The van der Waals surface area contributed by atoms with E-state index in [1.54, 1.807) is 44.6 Å². The number of benzene rings is 2. The number of methoxy groups -OCH3 is 1. The first-order valence-corrected chi connectivity index (χ1v) is 7.33. The first kappa shape index (κ1) is 16.5. The summed E-state index contributed by atoms with van der Waals surface area (Å²) in [5.41, 5.74) is 2.19. The van der Waals surface area contributed by atoms with Gasteiger partial charge in [0.25, 0.3) is 0 Å². The number of anilines is 1. The van der Waals surface area contributed by atoms with Crippen LogP contribution in [-0.4, -0.2) is 33.1 Å². The summed E-state index contributed by atoms with van der Waals surface area (Å²) >= 11 is 0. The monoisotopic (exact) mass is 312 g/mol. The Balaban J connectivity index is 2.09. The lowest BCUT2D eigenvalue weighted by Crippen LogP contribution is -2.14. The molecule has 0 spiro atoms. The molecule has 0 bridgehead atoms. The second-order valence-corrected chi connectivity index (χ2v) is 4.79. The molecular formula is C18H20N2O3. The van der Waals surface area contributed by atoms with E-state index in [-0.39, 0.29) is 5.97 Å². The Morgan fingerprint density at radius 3 is 2.52 bits per heavy atom. The maximum Gasteiger partial charge on any atom is 0.338 e. The van der Waals surface area contributed by atoms with Gasteiger partial charge in [0.05, 0.1) is 37.0 Å². The first-order valence-electron chi connectivity index (χ1n) is 7.33. The minimum Gasteiger partial charge on any atom is -0.495 e. The van der Waals surface area contributed by atoms with Crippen molar-refractivity contribution >= 4 is 23.7 Å². The Hall–Kier alpha value is -2.82. The van der Waals surface area contributed by atoms with E-state index in [1.165, 1.54) is 0 Å². The van der Waals surface area contributed by atoms with Gasteiger partial charge in [-0.1, -0.05) is 12.1 Å². The summed E-state index contributed by atoms with van der Waals surface area (Å²) in [4.78, 5) is 17.9. The van der Waals surface area contributed by atoms with Crippen LogP contribution in [0.1, 0.15) is 17.3 Å². The standard InChI is InChI=1S/C18H20N2O3/c1-4-23-18(21)14-9-11-15(12-10-14)19-13-20(2)16-7-5-6-8-17(16)22-3/h5-13H,4H2,1-3H3/b19-13-. The molecule has 5 heteroatoms. The maximum atomic E-state index is 11.6. The Labute approximate surface area is 136 Å². The molecule has 0 radical (unpaired) electrons. The highest BCUT2D eigenvalue weighted by atomic mass is 16.5. The van der Waals surface area contributed by atoms with Gasteiger partial charge in [-0.3, -0.25) is 0 Å². The lowest BCUT2D eigenvalue weighted by molar-refractivity contribution is 0.0526. The number of aliphatic imine (C=N–C) groups is 1. The molecule has 0 atom stereocenters. The third-order valence-electron chi connectivity index (χ3n) is 3.22. The number of hydrogen-bond donors (Lipinski definition) is 0. The number of nitrogens with zero attached hydrogens (tertiary/aromatic N) is 2. The van der Waals surface area contributed by atoms with Crippen LogP contribution < -0.4 is 9.64 Å². The smallest absolute Gasteiger partial charge is 0.338 e. The lowest BCUT2D eigenvalue weighted by atomic mass is 10.2. The minimum atomic E-state index is -0.325. The van der Waals surface area contributed by atoms with Gasteiger partial charge in [0, 0.05) is 7.05 Å². The number of para-hydroxylation sites is 2. The van der Waals surface area contributed by atoms with Crippen LogP contribution in [0.25, 0.3) is 0 Å². The summed E-state index contributed by atoms with van der Waals surface area (Å²) in [6, 6.07) is 14.7. The van der Waals surface area contributed by atoms with E-state index in [4.69, 9.17) is 9.47 Å². The van der Waals surface area contributed by atoms with E-state index in [9.17, 15) is 4.79 Å². The first-order chi connectivity index (χ1) is 11.2. The third kappa shape index (κ3) is 4.32. The summed E-state index contributed by atoms with van der Waals surface area (Å²) in [7, 11) is 3.53. The van der Waals surface area contributed by atoms with Gasteiger partial charge in [-0.25, -0.2) is 9.79 Å². The number of esters is 1. The Morgan fingerprint density at radius 2 is 1.87 bits per heavy atom. The van der Waals surface area contributed by atoms with Crippen LogP contribution in [-0.2, 0) is 4.74 Å². The number of rotatable bonds is 6. The molecule has 0 amide bonds. The van der Waals surface area contributed by atoms with Crippen molar-refractivity contribution in [2.24, 2.45) is 4.99 Å². The highest BCUT2D eigenvalue weighted by molar-refractivity contribution is 5.90. The van der Waals surface area contributed by atoms with Gasteiger partial charge in [-0.05, 0) is 43.3 Å². The van der Waals surface area contributed by atoms with E-state index >= 15 is 0 Å². The molecule has 23 heavy (non-hydrogen) atoms. The summed E-state index contributed by atoms with van der Waals surface area (Å²) in [6.45, 7) is 2.15. The number of carbonyl (C=O) groups excluding carboxylic acids is 1. The molecule has 0 saturated heterocycles. The molecule has 2 aromatic carbocycles. The van der Waals surface area contributed by atoms with Gasteiger partial charge in [0.2, 0.25) is 0 Å². The summed E-state index contributed by atoms with van der Waals surface area (Å²) in [5, 5.41) is 0. The summed E-state index contributed by atoms with van der Waals surface area (Å²) in [6.07, 6.45) is 1.71. The zero-order valence-electron chi connectivity index (χ0n) is 13.5. The topological polar surface area (TPSA) is 51.1 Å². The molecule has 2 rings (SSSR count). The molecule has 0 aliphatic carbocycles. The van der Waals surface area contributed by atoms with Crippen molar-refractivity contribution in [3.63, 3.8) is 0 Å². The quantitative estimate of drug-likeness (QED) is 0.464. The van der Waals surface area contributed by atoms with Crippen molar-refractivity contribution in [2.45, 2.75) is 6.92 Å². The largest absolute Gasteiger partial charge is 0.495 e. The van der Waals surface area contributed by atoms with Crippen molar-refractivity contribution < 1.29 is 14.3 Å². The van der Waals surface area contributed by atoms with Crippen molar-refractivity contribution in [3.8, 4) is 5.75 Å². The Morgan fingerprint density at radius 1 is 1.17 bits per heavy atom. The third-order valence-corrected chi connectivity index (χ3v) is 3.22. The number of hydrogen-bond acceptors (Lipinski definition) is 4. The van der Waals surface area contributed by atoms with Crippen molar-refractivity contribution in [3.05, 3.63) is 54.1 Å². The molecule has 0 saturated carbocycles. The molecule has 0 heterocycles. The predicted molar refractivity (Wildman–Crippen MR) is 91.9 cm³/mol. The average molecular weight is 312 g/mol. The van der Waals surface area contributed by atoms with E-state index < -0.39 is 0 Å². The molecule has 0 aliphatic rings. The summed E-state index contributed by atoms with van der Waals surface area (Å²) < 4.78 is 10.3. The van der Waals surface area contributed by atoms with Crippen LogP contribution >= 0.6 is 0 Å². The lowest BCUT2D eigenvalue weighted by Gasteiger charge is -2.16. The fourth-order valence-corrected chi connectivity index (χ4v) is 2.03. The average Bonchev–Trinajstić information content (AvgIpc) is 2.60. The normalized spacial score (nSPS) is 10.6. The van der Waals surface area contributed by atoms with Gasteiger partial charge >= 0.3 is 5.97 Å². The minimum absolute atomic E-state index is 0.325. The van der Waals surface area contributed by atoms with E-state index in [2.05, 4.69) is 4.99 Å². The van der Waals surface area contributed by atoms with Crippen molar-refractivity contribution in [1.29, 1.82) is 0 Å². The fourth-order valence-electron chi connectivity index (χ4n) is 2.03. The molecule has 0 aromatic heterocycles. The molecule has 120 valence electrons. The fraction of sp³-hybridized carbons (Fsp3) is 0.222. The predicted octanol–water partition coefficient (Wildman–Crippen LogP) is 3.67. The van der Waals surface area contributed by atoms with Crippen LogP contribution in [0.5, 0.6) is 5.75 Å². The second kappa shape index (κ2) is 7.98. The molecule has 2 aromatic rings. The molecule has 0 aliphatic heterocycles. The van der Waals surface area contributed by atoms with E-state index in [1.807, 2.05) is 36.2 Å². The van der Waals surface area contributed by atoms with Gasteiger partial charge in [-0.15, -0.1) is 0 Å². The highest BCUT2D eigenvalue weighted by Gasteiger charge is 2.06. The van der Waals surface area contributed by atoms with Crippen LogP contribution in [0, 0.1) is 0 Å². The molecule has 0 unspecified atom stereocenters. The van der Waals surface area contributed by atoms with Crippen molar-refractivity contribution in [2.75, 3.05) is 25.7 Å².